The number of alkyl halides is 3. The highest BCUT2D eigenvalue weighted by molar-refractivity contribution is 8.14. The van der Waals surface area contributed by atoms with Gasteiger partial charge in [0.2, 0.25) is 5.91 Å². The van der Waals surface area contributed by atoms with Gasteiger partial charge in [0.15, 0.2) is 11.0 Å². The zero-order chi connectivity index (χ0) is 35.7. The van der Waals surface area contributed by atoms with Gasteiger partial charge < -0.3 is 20.1 Å². The Morgan fingerprint density at radius 3 is 2.48 bits per heavy atom. The van der Waals surface area contributed by atoms with Crippen molar-refractivity contribution in [2.45, 2.75) is 33.1 Å². The van der Waals surface area contributed by atoms with Crippen LogP contribution in [0.2, 0.25) is 0 Å². The first-order valence-electron chi connectivity index (χ1n) is 15.6. The van der Waals surface area contributed by atoms with E-state index in [-0.39, 0.29) is 23.3 Å². The van der Waals surface area contributed by atoms with Gasteiger partial charge in [0.05, 0.1) is 23.3 Å². The number of ether oxygens (including phenoxy) is 1. The molecule has 2 heterocycles. The number of hydrazone groups is 1. The van der Waals surface area contributed by atoms with Crippen LogP contribution in [0.4, 0.5) is 23.7 Å². The number of piperidine rings is 1. The van der Waals surface area contributed by atoms with Crippen molar-refractivity contribution >= 4 is 40.8 Å². The van der Waals surface area contributed by atoms with E-state index >= 15 is 0 Å². The van der Waals surface area contributed by atoms with Crippen LogP contribution in [-0.2, 0) is 4.79 Å². The van der Waals surface area contributed by atoms with E-state index in [2.05, 4.69) is 30.7 Å². The zero-order valence-electron chi connectivity index (χ0n) is 27.2. The first-order valence-corrected chi connectivity index (χ1v) is 16.6. The summed E-state index contributed by atoms with van der Waals surface area (Å²) in [4.78, 5) is 34.5. The summed E-state index contributed by atoms with van der Waals surface area (Å²) in [6.45, 7) is 5.23. The molecule has 262 valence electrons. The number of amidine groups is 1. The quantitative estimate of drug-likeness (QED) is 0.0989. The number of thioether (sulfide) groups is 1. The molecule has 16 heteroatoms. The average Bonchev–Trinajstić information content (AvgIpc) is 3.58. The van der Waals surface area contributed by atoms with Crippen molar-refractivity contribution in [1.82, 2.24) is 30.4 Å². The molecule has 1 aliphatic rings. The molecule has 12 nitrogen and oxygen atoms in total. The third-order valence-corrected chi connectivity index (χ3v) is 8.60. The van der Waals surface area contributed by atoms with E-state index in [0.29, 0.717) is 41.9 Å². The number of benzene rings is 3. The number of hydrogen-bond acceptors (Lipinski definition) is 8. The van der Waals surface area contributed by atoms with Gasteiger partial charge in [0, 0.05) is 25.2 Å². The highest BCUT2D eigenvalue weighted by Crippen LogP contribution is 2.26. The number of carbonyl (C=O) groups excluding carboxylic acids is 1. The van der Waals surface area contributed by atoms with Gasteiger partial charge >= 0.3 is 12.5 Å². The highest BCUT2D eigenvalue weighted by Gasteiger charge is 2.31. The Morgan fingerprint density at radius 2 is 1.80 bits per heavy atom. The number of nitrogens with zero attached hydrogens (tertiary/aromatic N) is 6. The van der Waals surface area contributed by atoms with Gasteiger partial charge in [-0.25, -0.2) is 19.5 Å². The fraction of sp³-hybridized carbons (Fsp3) is 0.294. The Balaban J connectivity index is 1.20. The van der Waals surface area contributed by atoms with Gasteiger partial charge in [0.25, 0.3) is 0 Å². The minimum atomic E-state index is -4.77. The highest BCUT2D eigenvalue weighted by atomic mass is 32.2. The number of aromatic nitrogens is 3. The molecule has 0 unspecified atom stereocenters. The maximum atomic E-state index is 12.7. The van der Waals surface area contributed by atoms with Crippen LogP contribution < -0.4 is 15.5 Å². The van der Waals surface area contributed by atoms with E-state index < -0.39 is 12.5 Å². The van der Waals surface area contributed by atoms with Crippen LogP contribution in [0.15, 0.2) is 83.2 Å². The van der Waals surface area contributed by atoms with E-state index in [1.165, 1.54) is 51.9 Å². The molecule has 3 N–H and O–H groups in total. The van der Waals surface area contributed by atoms with E-state index in [1.54, 1.807) is 6.21 Å². The molecule has 0 bridgehead atoms. The fourth-order valence-electron chi connectivity index (χ4n) is 5.22. The Hall–Kier alpha value is -5.38. The second-order valence-electron chi connectivity index (χ2n) is 11.5. The molecule has 0 aliphatic carbocycles. The smallest absolute Gasteiger partial charge is 0.465 e. The van der Waals surface area contributed by atoms with Crippen molar-refractivity contribution in [3.63, 3.8) is 0 Å². The lowest BCUT2D eigenvalue weighted by Crippen LogP contribution is -2.43. The number of aliphatic imine (C=N–C) groups is 1. The van der Waals surface area contributed by atoms with Gasteiger partial charge in [-0.15, -0.1) is 18.3 Å². The third kappa shape index (κ3) is 10.3. The summed E-state index contributed by atoms with van der Waals surface area (Å²) in [5.74, 6) is 0.0497. The molecule has 0 saturated carbocycles. The number of carbonyl (C=O) groups is 2. The van der Waals surface area contributed by atoms with E-state index in [1.807, 2.05) is 56.3 Å². The molecule has 1 atom stereocenters. The third-order valence-electron chi connectivity index (χ3n) is 7.74. The van der Waals surface area contributed by atoms with Crippen LogP contribution in [0, 0.1) is 19.8 Å². The second-order valence-corrected chi connectivity index (χ2v) is 12.5. The number of amides is 2. The SMILES string of the molecule is Cc1cccc(C)c1/N=C(/N/N=C/c1ccc(-c2ncn(-c3ccc(OC(F)(F)F)cc3)n2)cc1)SCC(=O)NC[C@@H]1CCCN(C(=O)O)C1. The van der Waals surface area contributed by atoms with Gasteiger partial charge in [-0.1, -0.05) is 54.2 Å². The lowest BCUT2D eigenvalue weighted by molar-refractivity contribution is -0.274. The summed E-state index contributed by atoms with van der Waals surface area (Å²) < 4.78 is 42.7. The molecule has 50 heavy (non-hydrogen) atoms. The van der Waals surface area contributed by atoms with Crippen LogP contribution in [-0.4, -0.2) is 79.9 Å². The number of nitrogens with one attached hydrogen (secondary N) is 2. The minimum Gasteiger partial charge on any atom is -0.465 e. The molecule has 1 fully saturated rings. The van der Waals surface area contributed by atoms with E-state index in [0.717, 1.165) is 35.2 Å². The number of para-hydroxylation sites is 1. The van der Waals surface area contributed by atoms with Crippen molar-refractivity contribution in [2.75, 3.05) is 25.4 Å². The van der Waals surface area contributed by atoms with Crippen molar-refractivity contribution in [1.29, 1.82) is 0 Å². The molecular formula is C34H35F3N8O4S. The molecule has 0 radical (unpaired) electrons. The number of hydrogen-bond donors (Lipinski definition) is 3. The van der Waals surface area contributed by atoms with Crippen molar-refractivity contribution in [3.8, 4) is 22.8 Å². The minimum absolute atomic E-state index is 0.0691. The lowest BCUT2D eigenvalue weighted by Gasteiger charge is -2.30. The number of aryl methyl sites for hydroxylation is 2. The Morgan fingerprint density at radius 1 is 1.08 bits per heavy atom. The fourth-order valence-corrected chi connectivity index (χ4v) is 5.87. The van der Waals surface area contributed by atoms with Gasteiger partial charge in [-0.3, -0.25) is 10.2 Å². The van der Waals surface area contributed by atoms with Gasteiger partial charge in [0.1, 0.15) is 12.1 Å². The second kappa shape index (κ2) is 16.3. The van der Waals surface area contributed by atoms with Crippen LogP contribution in [0.1, 0.15) is 29.5 Å². The standard InChI is InChI=1S/C34H35F3N8O4S/c1-22-5-3-6-23(2)30(22)41-32(50-20-29(46)38-17-25-7-4-16-44(19-25)33(47)48)42-40-18-24-8-10-26(11-9-24)31-39-21-45(43-31)27-12-14-28(15-13-27)49-34(35,36)37/h3,5-6,8-15,18,21,25H,4,7,16-17,19-20H2,1-2H3,(H,38,46)(H,41,42)(H,47,48)/b40-18+/t25-/m0/s1. The summed E-state index contributed by atoms with van der Waals surface area (Å²) >= 11 is 1.21. The Bertz CT molecular complexity index is 1830. The van der Waals surface area contributed by atoms with Crippen LogP contribution in [0.5, 0.6) is 5.75 Å². The summed E-state index contributed by atoms with van der Waals surface area (Å²) in [5, 5.41) is 21.4. The number of halogens is 3. The van der Waals surface area contributed by atoms with Crippen LogP contribution in [0.25, 0.3) is 17.1 Å². The first-order chi connectivity index (χ1) is 23.9. The van der Waals surface area contributed by atoms with Crippen LogP contribution >= 0.6 is 11.8 Å². The number of rotatable bonds is 10. The normalized spacial score (nSPS) is 15.3. The van der Waals surface area contributed by atoms with Gasteiger partial charge in [-0.05, 0) is 73.6 Å². The topological polar surface area (TPSA) is 146 Å². The average molecular weight is 709 g/mol. The summed E-state index contributed by atoms with van der Waals surface area (Å²) in [6, 6.07) is 18.4. The first kappa shape index (κ1) is 35.9. The van der Waals surface area contributed by atoms with Crippen molar-refractivity contribution in [2.24, 2.45) is 16.0 Å². The number of likely N-dealkylation sites (tertiary alicyclic amines) is 1. The monoisotopic (exact) mass is 708 g/mol. The zero-order valence-corrected chi connectivity index (χ0v) is 28.0. The van der Waals surface area contributed by atoms with E-state index in [9.17, 15) is 27.9 Å². The maximum Gasteiger partial charge on any atom is 0.573 e. The predicted molar refractivity (Wildman–Crippen MR) is 185 cm³/mol. The molecule has 1 aliphatic heterocycles. The molecule has 3 aromatic carbocycles. The lowest BCUT2D eigenvalue weighted by atomic mass is 9.98. The predicted octanol–water partition coefficient (Wildman–Crippen LogP) is 6.30. The molecule has 1 saturated heterocycles. The summed E-state index contributed by atoms with van der Waals surface area (Å²) in [7, 11) is 0. The molecule has 4 aromatic rings. The summed E-state index contributed by atoms with van der Waals surface area (Å²) in [5.41, 5.74) is 7.67. The number of carboxylic acid groups (broad SMARTS) is 1. The molecule has 1 aromatic heterocycles. The van der Waals surface area contributed by atoms with E-state index in [4.69, 9.17) is 4.99 Å². The van der Waals surface area contributed by atoms with Gasteiger partial charge in [-0.2, -0.15) is 5.10 Å². The van der Waals surface area contributed by atoms with Crippen LogP contribution in [0.3, 0.4) is 0 Å². The Labute approximate surface area is 290 Å². The molecule has 2 amide bonds. The van der Waals surface area contributed by atoms with Crippen molar-refractivity contribution in [3.05, 3.63) is 89.7 Å². The Kier molecular flexibility index (Phi) is 11.7. The largest absolute Gasteiger partial charge is 0.573 e. The molecule has 5 rings (SSSR count). The summed E-state index contributed by atoms with van der Waals surface area (Å²) in [6.07, 6.45) is -1.01. The molecular weight excluding hydrogens is 673 g/mol. The van der Waals surface area contributed by atoms with Crippen molar-refractivity contribution < 1.29 is 32.6 Å². The molecule has 0 spiro atoms. The maximum absolute atomic E-state index is 12.7.